The molecule has 0 aromatic rings. The van der Waals surface area contributed by atoms with Crippen molar-refractivity contribution in [1.82, 2.24) is 5.32 Å². The first kappa shape index (κ1) is 12.8. The topological polar surface area (TPSA) is 66.4 Å². The fourth-order valence-corrected chi connectivity index (χ4v) is 1.80. The third-order valence-electron chi connectivity index (χ3n) is 2.51. The molecule has 1 saturated carbocycles. The summed E-state index contributed by atoms with van der Waals surface area (Å²) in [7, 11) is 0. The van der Waals surface area contributed by atoms with Crippen LogP contribution in [0.2, 0.25) is 0 Å². The van der Waals surface area contributed by atoms with Crippen molar-refractivity contribution < 1.29 is 27.9 Å². The molecule has 16 heavy (non-hydrogen) atoms. The molecule has 1 fully saturated rings. The number of rotatable bonds is 3. The second kappa shape index (κ2) is 4.71. The molecule has 92 valence electrons. The minimum absolute atomic E-state index is 0.207. The lowest BCUT2D eigenvalue weighted by molar-refractivity contribution is -0.154. The summed E-state index contributed by atoms with van der Waals surface area (Å²) < 4.78 is 35.5. The summed E-state index contributed by atoms with van der Waals surface area (Å²) in [4.78, 5) is 21.5. The fourth-order valence-electron chi connectivity index (χ4n) is 1.80. The number of carboxylic acid groups (broad SMARTS) is 1. The van der Waals surface area contributed by atoms with Gasteiger partial charge in [0.05, 0.1) is 5.92 Å². The molecule has 2 N–H and O–H groups in total. The molecule has 1 rings (SSSR count). The first-order valence-electron chi connectivity index (χ1n) is 4.87. The van der Waals surface area contributed by atoms with Crippen molar-refractivity contribution in [3.8, 4) is 0 Å². The van der Waals surface area contributed by atoms with Crippen molar-refractivity contribution in [3.63, 3.8) is 0 Å². The van der Waals surface area contributed by atoms with Gasteiger partial charge in [-0.25, -0.2) is 0 Å². The monoisotopic (exact) mass is 239 g/mol. The molecular weight excluding hydrogens is 227 g/mol. The lowest BCUT2D eigenvalue weighted by atomic mass is 10.1. The Kier molecular flexibility index (Phi) is 3.77. The normalized spacial score (nSPS) is 25.4. The summed E-state index contributed by atoms with van der Waals surface area (Å²) in [5.74, 6) is -2.62. The molecule has 0 unspecified atom stereocenters. The minimum atomic E-state index is -4.52. The van der Waals surface area contributed by atoms with Gasteiger partial charge in [0.1, 0.15) is 6.42 Å². The summed E-state index contributed by atoms with van der Waals surface area (Å²) in [6, 6.07) is -0.448. The minimum Gasteiger partial charge on any atom is -0.481 e. The summed E-state index contributed by atoms with van der Waals surface area (Å²) in [5, 5.41) is 10.9. The van der Waals surface area contributed by atoms with Gasteiger partial charge in [0.15, 0.2) is 0 Å². The van der Waals surface area contributed by atoms with Gasteiger partial charge in [0.2, 0.25) is 5.91 Å². The predicted molar refractivity (Wildman–Crippen MR) is 47.6 cm³/mol. The van der Waals surface area contributed by atoms with Crippen molar-refractivity contribution in [1.29, 1.82) is 0 Å². The van der Waals surface area contributed by atoms with Crippen LogP contribution >= 0.6 is 0 Å². The number of carbonyl (C=O) groups is 2. The molecule has 1 amide bonds. The molecule has 4 nitrogen and oxygen atoms in total. The third kappa shape index (κ3) is 4.08. The maximum atomic E-state index is 11.8. The number of hydrogen-bond acceptors (Lipinski definition) is 2. The molecule has 0 spiro atoms. The maximum absolute atomic E-state index is 11.8. The second-order valence-electron chi connectivity index (χ2n) is 3.90. The zero-order chi connectivity index (χ0) is 12.3. The van der Waals surface area contributed by atoms with Crippen LogP contribution in [-0.2, 0) is 9.59 Å². The molecule has 2 atom stereocenters. The maximum Gasteiger partial charge on any atom is 0.397 e. The lowest BCUT2D eigenvalue weighted by Gasteiger charge is -2.13. The smallest absolute Gasteiger partial charge is 0.397 e. The Bertz CT molecular complexity index is 290. The molecule has 0 bridgehead atoms. The van der Waals surface area contributed by atoms with E-state index in [2.05, 4.69) is 5.32 Å². The molecule has 0 aliphatic heterocycles. The molecule has 1 aliphatic rings. The number of amides is 1. The Morgan fingerprint density at radius 3 is 2.38 bits per heavy atom. The van der Waals surface area contributed by atoms with E-state index >= 15 is 0 Å². The molecule has 0 aromatic heterocycles. The van der Waals surface area contributed by atoms with E-state index in [1.165, 1.54) is 0 Å². The summed E-state index contributed by atoms with van der Waals surface area (Å²) in [6.45, 7) is 0. The van der Waals surface area contributed by atoms with E-state index in [-0.39, 0.29) is 6.42 Å². The van der Waals surface area contributed by atoms with Gasteiger partial charge in [-0.2, -0.15) is 13.2 Å². The highest BCUT2D eigenvalue weighted by Gasteiger charge is 2.34. The number of carbonyl (C=O) groups excluding carboxylic acids is 1. The molecule has 0 aromatic carbocycles. The SMILES string of the molecule is O=C(CC(F)(F)F)N[C@H]1CC[C@@H](C(=O)O)C1. The lowest BCUT2D eigenvalue weighted by Crippen LogP contribution is -2.36. The fraction of sp³-hybridized carbons (Fsp3) is 0.778. The Hall–Kier alpha value is -1.27. The van der Waals surface area contributed by atoms with Crippen molar-refractivity contribution in [2.45, 2.75) is 37.9 Å². The largest absolute Gasteiger partial charge is 0.481 e. The second-order valence-corrected chi connectivity index (χ2v) is 3.90. The standard InChI is InChI=1S/C9H12F3NO3/c10-9(11,12)4-7(14)13-6-2-1-5(3-6)8(15)16/h5-6H,1-4H2,(H,13,14)(H,15,16)/t5-,6+/m1/s1. The van der Waals surface area contributed by atoms with E-state index < -0.39 is 36.4 Å². The number of alkyl halides is 3. The van der Waals surface area contributed by atoms with Crippen LogP contribution < -0.4 is 5.32 Å². The van der Waals surface area contributed by atoms with Crippen molar-refractivity contribution in [2.75, 3.05) is 0 Å². The van der Waals surface area contributed by atoms with E-state index in [0.29, 0.717) is 12.8 Å². The van der Waals surface area contributed by atoms with E-state index in [0.717, 1.165) is 0 Å². The van der Waals surface area contributed by atoms with Crippen molar-refractivity contribution in [3.05, 3.63) is 0 Å². The van der Waals surface area contributed by atoms with Gasteiger partial charge < -0.3 is 10.4 Å². The highest BCUT2D eigenvalue weighted by Crippen LogP contribution is 2.26. The zero-order valence-electron chi connectivity index (χ0n) is 8.38. The van der Waals surface area contributed by atoms with Gasteiger partial charge in [-0.15, -0.1) is 0 Å². The first-order chi connectivity index (χ1) is 7.28. The number of aliphatic carboxylic acids is 1. The number of hydrogen-bond donors (Lipinski definition) is 2. The summed E-state index contributed by atoms with van der Waals surface area (Å²) >= 11 is 0. The number of halogens is 3. The Balaban J connectivity index is 2.34. The molecular formula is C9H12F3NO3. The average Bonchev–Trinajstić information content (AvgIpc) is 2.48. The van der Waals surface area contributed by atoms with Gasteiger partial charge in [-0.3, -0.25) is 9.59 Å². The third-order valence-corrected chi connectivity index (χ3v) is 2.51. The number of carboxylic acids is 1. The van der Waals surface area contributed by atoms with Crippen LogP contribution in [-0.4, -0.2) is 29.2 Å². The van der Waals surface area contributed by atoms with Crippen LogP contribution in [0.3, 0.4) is 0 Å². The van der Waals surface area contributed by atoms with Crippen molar-refractivity contribution in [2.24, 2.45) is 5.92 Å². The van der Waals surface area contributed by atoms with Crippen LogP contribution in [0, 0.1) is 5.92 Å². The van der Waals surface area contributed by atoms with E-state index in [1.807, 2.05) is 0 Å². The van der Waals surface area contributed by atoms with Crippen molar-refractivity contribution >= 4 is 11.9 Å². The molecule has 0 saturated heterocycles. The average molecular weight is 239 g/mol. The predicted octanol–water partition coefficient (Wildman–Crippen LogP) is 1.31. The van der Waals surface area contributed by atoms with Gasteiger partial charge in [0.25, 0.3) is 0 Å². The van der Waals surface area contributed by atoms with Crippen LogP contribution in [0.4, 0.5) is 13.2 Å². The van der Waals surface area contributed by atoms with Crippen LogP contribution in [0.25, 0.3) is 0 Å². The van der Waals surface area contributed by atoms with E-state index in [9.17, 15) is 22.8 Å². The summed E-state index contributed by atoms with van der Waals surface area (Å²) in [6.07, 6.45) is -5.01. The van der Waals surface area contributed by atoms with Gasteiger partial charge in [0, 0.05) is 6.04 Å². The molecule has 0 radical (unpaired) electrons. The van der Waals surface area contributed by atoms with Crippen LogP contribution in [0.5, 0.6) is 0 Å². The molecule has 1 aliphatic carbocycles. The van der Waals surface area contributed by atoms with Gasteiger partial charge >= 0.3 is 12.1 Å². The van der Waals surface area contributed by atoms with Crippen LogP contribution in [0.15, 0.2) is 0 Å². The highest BCUT2D eigenvalue weighted by atomic mass is 19.4. The quantitative estimate of drug-likeness (QED) is 0.780. The summed E-state index contributed by atoms with van der Waals surface area (Å²) in [5.41, 5.74) is 0. The Morgan fingerprint density at radius 1 is 1.31 bits per heavy atom. The van der Waals surface area contributed by atoms with Crippen LogP contribution in [0.1, 0.15) is 25.7 Å². The Labute approximate surface area is 89.8 Å². The van der Waals surface area contributed by atoms with Gasteiger partial charge in [-0.05, 0) is 19.3 Å². The molecule has 0 heterocycles. The number of nitrogens with one attached hydrogen (secondary N) is 1. The molecule has 7 heteroatoms. The van der Waals surface area contributed by atoms with Gasteiger partial charge in [-0.1, -0.05) is 0 Å². The highest BCUT2D eigenvalue weighted by molar-refractivity contribution is 5.77. The zero-order valence-corrected chi connectivity index (χ0v) is 8.38. The Morgan fingerprint density at radius 2 is 1.94 bits per heavy atom. The first-order valence-corrected chi connectivity index (χ1v) is 4.87. The van der Waals surface area contributed by atoms with E-state index in [1.54, 1.807) is 0 Å². The van der Waals surface area contributed by atoms with E-state index in [4.69, 9.17) is 5.11 Å².